The average Bonchev–Trinajstić information content (AvgIpc) is 3.27. The highest BCUT2D eigenvalue weighted by Gasteiger charge is 2.65. The topological polar surface area (TPSA) is 108 Å². The standard InChI is InChI=1S/C32H49NO6/c1-18(6-11-29(37)33-25-10-7-21(38-4)16-27(25)39-5)22-8-9-23-30-24(17-28(36)32(22,23)3)31(2)13-12-20(34)14-19(31)15-26(30)35/h7,10,16,18-20,22-24,26,28,30,34-36H,6,8-9,11-15,17H2,1-5H3,(H,33,37)/t18-,19-,20-,22+,23-,24-,26-,28+,30+,31+,32-/m1/s1. The maximum Gasteiger partial charge on any atom is 0.224 e. The number of benzene rings is 1. The second kappa shape index (κ2) is 10.9. The molecule has 39 heavy (non-hydrogen) atoms. The highest BCUT2D eigenvalue weighted by molar-refractivity contribution is 5.92. The smallest absolute Gasteiger partial charge is 0.224 e. The van der Waals surface area contributed by atoms with E-state index in [0.717, 1.165) is 51.4 Å². The zero-order chi connectivity index (χ0) is 28.1. The molecule has 0 spiro atoms. The van der Waals surface area contributed by atoms with Crippen LogP contribution in [0.25, 0.3) is 0 Å². The molecule has 0 unspecified atom stereocenters. The van der Waals surface area contributed by atoms with Gasteiger partial charge >= 0.3 is 0 Å². The summed E-state index contributed by atoms with van der Waals surface area (Å²) >= 11 is 0. The fourth-order valence-corrected chi connectivity index (χ4v) is 9.81. The third-order valence-corrected chi connectivity index (χ3v) is 12.0. The van der Waals surface area contributed by atoms with Crippen LogP contribution in [0.15, 0.2) is 18.2 Å². The van der Waals surface area contributed by atoms with Crippen LogP contribution in [-0.4, -0.2) is 53.8 Å². The number of fused-ring (bicyclic) bond motifs is 5. The highest BCUT2D eigenvalue weighted by Crippen LogP contribution is 2.68. The zero-order valence-electron chi connectivity index (χ0n) is 24.4. The summed E-state index contributed by atoms with van der Waals surface area (Å²) in [6.07, 6.45) is 6.26. The molecule has 0 aliphatic heterocycles. The van der Waals surface area contributed by atoms with E-state index in [1.54, 1.807) is 32.4 Å². The van der Waals surface area contributed by atoms with Crippen molar-refractivity contribution in [3.8, 4) is 11.5 Å². The molecule has 11 atom stereocenters. The number of rotatable bonds is 7. The first kappa shape index (κ1) is 28.7. The van der Waals surface area contributed by atoms with Gasteiger partial charge in [-0.15, -0.1) is 0 Å². The SMILES string of the molecule is COc1ccc(NC(=O)CC[C@@H](C)[C@@H]2CC[C@@H]3[C@@H]4[C@H](O)C[C@H]5C[C@H](O)CC[C@]5(C)[C@@H]4C[C@H](O)[C@@]32C)c(OC)c1. The van der Waals surface area contributed by atoms with Crippen molar-refractivity contribution >= 4 is 11.6 Å². The summed E-state index contributed by atoms with van der Waals surface area (Å²) in [6.45, 7) is 6.87. The van der Waals surface area contributed by atoms with Gasteiger partial charge in [0.05, 0.1) is 38.2 Å². The van der Waals surface area contributed by atoms with Crippen molar-refractivity contribution in [3.05, 3.63) is 18.2 Å². The Balaban J connectivity index is 1.26. The maximum absolute atomic E-state index is 12.9. The Labute approximate surface area is 233 Å². The third kappa shape index (κ3) is 4.87. The van der Waals surface area contributed by atoms with Gasteiger partial charge in [0.25, 0.3) is 0 Å². The molecule has 0 saturated heterocycles. The Morgan fingerprint density at radius 2 is 1.82 bits per heavy atom. The van der Waals surface area contributed by atoms with Crippen LogP contribution < -0.4 is 14.8 Å². The summed E-state index contributed by atoms with van der Waals surface area (Å²) in [6, 6.07) is 5.35. The summed E-state index contributed by atoms with van der Waals surface area (Å²) < 4.78 is 10.7. The van der Waals surface area contributed by atoms with Crippen molar-refractivity contribution in [3.63, 3.8) is 0 Å². The van der Waals surface area contributed by atoms with Crippen LogP contribution in [-0.2, 0) is 4.79 Å². The summed E-state index contributed by atoms with van der Waals surface area (Å²) in [5.41, 5.74) is 0.454. The number of hydrogen-bond acceptors (Lipinski definition) is 6. The van der Waals surface area contributed by atoms with Gasteiger partial charge in [-0.25, -0.2) is 0 Å². The van der Waals surface area contributed by atoms with Gasteiger partial charge in [0.2, 0.25) is 5.91 Å². The molecule has 4 saturated carbocycles. The number of amides is 1. The molecule has 4 N–H and O–H groups in total. The molecule has 0 heterocycles. The molecular formula is C32H49NO6. The molecule has 1 amide bonds. The van der Waals surface area contributed by atoms with E-state index in [0.29, 0.717) is 41.4 Å². The van der Waals surface area contributed by atoms with E-state index in [1.807, 2.05) is 0 Å². The van der Waals surface area contributed by atoms with Gasteiger partial charge in [-0.2, -0.15) is 0 Å². The lowest BCUT2D eigenvalue weighted by atomic mass is 9.43. The summed E-state index contributed by atoms with van der Waals surface area (Å²) in [5.74, 6) is 2.90. The minimum absolute atomic E-state index is 0.0459. The van der Waals surface area contributed by atoms with Gasteiger partial charge in [-0.1, -0.05) is 20.8 Å². The van der Waals surface area contributed by atoms with E-state index >= 15 is 0 Å². The number of hydrogen-bond donors (Lipinski definition) is 4. The van der Waals surface area contributed by atoms with E-state index in [9.17, 15) is 20.1 Å². The Kier molecular flexibility index (Phi) is 7.99. The molecule has 0 radical (unpaired) electrons. The van der Waals surface area contributed by atoms with Gasteiger partial charge in [0.15, 0.2) is 0 Å². The Morgan fingerprint density at radius 3 is 2.54 bits per heavy atom. The lowest BCUT2D eigenvalue weighted by Crippen LogP contribution is -2.62. The number of methoxy groups -OCH3 is 2. The molecule has 0 bridgehead atoms. The first-order valence-corrected chi connectivity index (χ1v) is 15.1. The molecular weight excluding hydrogens is 494 g/mol. The number of nitrogens with one attached hydrogen (secondary N) is 1. The van der Waals surface area contributed by atoms with E-state index in [-0.39, 0.29) is 46.7 Å². The lowest BCUT2D eigenvalue weighted by Gasteiger charge is -2.63. The molecule has 1 aromatic rings. The van der Waals surface area contributed by atoms with Gasteiger partial charge in [-0.05, 0) is 110 Å². The fraction of sp³-hybridized carbons (Fsp3) is 0.781. The molecule has 5 rings (SSSR count). The minimum Gasteiger partial charge on any atom is -0.497 e. The third-order valence-electron chi connectivity index (χ3n) is 12.0. The number of ether oxygens (including phenoxy) is 2. The Bertz CT molecular complexity index is 1050. The van der Waals surface area contributed by atoms with E-state index in [4.69, 9.17) is 9.47 Å². The highest BCUT2D eigenvalue weighted by atomic mass is 16.5. The van der Waals surface area contributed by atoms with Crippen LogP contribution in [0.2, 0.25) is 0 Å². The first-order valence-electron chi connectivity index (χ1n) is 15.1. The van der Waals surface area contributed by atoms with E-state index in [1.165, 1.54) is 0 Å². The Hall–Kier alpha value is -1.83. The quantitative estimate of drug-likeness (QED) is 0.385. The zero-order valence-corrected chi connectivity index (χ0v) is 24.4. The predicted octanol–water partition coefficient (Wildman–Crippen LogP) is 5.02. The molecule has 4 aliphatic rings. The molecule has 0 aromatic heterocycles. The van der Waals surface area contributed by atoms with E-state index in [2.05, 4.69) is 26.1 Å². The minimum atomic E-state index is -0.411. The van der Waals surface area contributed by atoms with Crippen LogP contribution in [0.4, 0.5) is 5.69 Å². The molecule has 4 fully saturated rings. The van der Waals surface area contributed by atoms with Gasteiger partial charge < -0.3 is 30.1 Å². The number of anilines is 1. The van der Waals surface area contributed by atoms with Crippen molar-refractivity contribution in [2.75, 3.05) is 19.5 Å². The van der Waals surface area contributed by atoms with Crippen LogP contribution in [0, 0.1) is 46.3 Å². The van der Waals surface area contributed by atoms with Crippen molar-refractivity contribution in [2.45, 2.75) is 96.9 Å². The normalized spacial score (nSPS) is 42.1. The van der Waals surface area contributed by atoms with Crippen LogP contribution in [0.5, 0.6) is 11.5 Å². The summed E-state index contributed by atoms with van der Waals surface area (Å²) in [7, 11) is 3.17. The second-order valence-electron chi connectivity index (χ2n) is 13.7. The van der Waals surface area contributed by atoms with Gasteiger partial charge in [0, 0.05) is 12.5 Å². The number of carbonyl (C=O) groups is 1. The summed E-state index contributed by atoms with van der Waals surface area (Å²) in [4.78, 5) is 12.9. The number of aliphatic hydroxyl groups excluding tert-OH is 3. The van der Waals surface area contributed by atoms with Crippen LogP contribution >= 0.6 is 0 Å². The summed E-state index contributed by atoms with van der Waals surface area (Å²) in [5, 5.41) is 36.6. The predicted molar refractivity (Wildman–Crippen MR) is 151 cm³/mol. The lowest BCUT2D eigenvalue weighted by molar-refractivity contribution is -0.207. The number of aliphatic hydroxyl groups is 3. The molecule has 1 aromatic carbocycles. The fourth-order valence-electron chi connectivity index (χ4n) is 9.81. The van der Waals surface area contributed by atoms with E-state index < -0.39 is 6.10 Å². The van der Waals surface area contributed by atoms with Crippen LogP contribution in [0.1, 0.15) is 78.6 Å². The Morgan fingerprint density at radius 1 is 1.05 bits per heavy atom. The van der Waals surface area contributed by atoms with Crippen molar-refractivity contribution in [1.82, 2.24) is 0 Å². The van der Waals surface area contributed by atoms with Crippen molar-refractivity contribution in [2.24, 2.45) is 46.3 Å². The largest absolute Gasteiger partial charge is 0.497 e. The number of carbonyl (C=O) groups excluding carboxylic acids is 1. The molecule has 4 aliphatic carbocycles. The van der Waals surface area contributed by atoms with Gasteiger partial charge in [0.1, 0.15) is 11.5 Å². The maximum atomic E-state index is 12.9. The van der Waals surface area contributed by atoms with Gasteiger partial charge in [-0.3, -0.25) is 4.79 Å². The molecule has 218 valence electrons. The monoisotopic (exact) mass is 543 g/mol. The first-order chi connectivity index (χ1) is 18.5. The van der Waals surface area contributed by atoms with Crippen molar-refractivity contribution < 1.29 is 29.6 Å². The van der Waals surface area contributed by atoms with Crippen molar-refractivity contribution in [1.29, 1.82) is 0 Å². The van der Waals surface area contributed by atoms with Crippen LogP contribution in [0.3, 0.4) is 0 Å². The molecule has 7 nitrogen and oxygen atoms in total. The average molecular weight is 544 g/mol. The second-order valence-corrected chi connectivity index (χ2v) is 13.7. The molecule has 7 heteroatoms.